The zero-order valence-electron chi connectivity index (χ0n) is 9.58. The van der Waals surface area contributed by atoms with Gasteiger partial charge in [0.05, 0.1) is 12.2 Å². The molecule has 15 heavy (non-hydrogen) atoms. The van der Waals surface area contributed by atoms with Crippen LogP contribution in [0.15, 0.2) is 0 Å². The number of aliphatic hydroxyl groups is 1. The maximum atomic E-state index is 9.07. The molecule has 1 saturated carbocycles. The van der Waals surface area contributed by atoms with Crippen molar-refractivity contribution in [3.8, 4) is 0 Å². The maximum Gasteiger partial charge on any atom is 0.0693 e. The zero-order chi connectivity index (χ0) is 10.7. The lowest BCUT2D eigenvalue weighted by Gasteiger charge is -2.38. The van der Waals surface area contributed by atoms with Crippen molar-refractivity contribution >= 4 is 11.8 Å². The van der Waals surface area contributed by atoms with Gasteiger partial charge in [0.2, 0.25) is 0 Å². The van der Waals surface area contributed by atoms with E-state index < -0.39 is 0 Å². The van der Waals surface area contributed by atoms with Crippen molar-refractivity contribution in [2.45, 2.75) is 61.5 Å². The number of ether oxygens (including phenoxy) is 1. The van der Waals surface area contributed by atoms with Crippen LogP contribution in [0.3, 0.4) is 0 Å². The Kier molecular flexibility index (Phi) is 3.97. The van der Waals surface area contributed by atoms with Gasteiger partial charge in [0.1, 0.15) is 0 Å². The first kappa shape index (κ1) is 11.7. The van der Waals surface area contributed by atoms with E-state index in [1.807, 2.05) is 11.8 Å². The summed E-state index contributed by atoms with van der Waals surface area (Å²) in [5.74, 6) is 0. The highest BCUT2D eigenvalue weighted by Crippen LogP contribution is 2.43. The molecule has 1 saturated heterocycles. The molecule has 1 N–H and O–H groups in total. The maximum absolute atomic E-state index is 9.07. The minimum Gasteiger partial charge on any atom is -0.395 e. The van der Waals surface area contributed by atoms with Crippen LogP contribution in [0.25, 0.3) is 0 Å². The van der Waals surface area contributed by atoms with E-state index in [0.29, 0.717) is 17.1 Å². The number of rotatable bonds is 3. The third-order valence-corrected chi connectivity index (χ3v) is 5.05. The number of thioether (sulfide) groups is 1. The number of hydrogen-bond donors (Lipinski definition) is 1. The fraction of sp³-hybridized carbons (Fsp3) is 1.00. The molecule has 0 aromatic rings. The standard InChI is InChI=1S/C12H22O2S/c1-10(9-13)15-11-4-7-14-12(8-11)5-2-3-6-12/h10-11,13H,2-9H2,1H3. The second-order valence-electron chi connectivity index (χ2n) is 4.98. The topological polar surface area (TPSA) is 29.5 Å². The fourth-order valence-corrected chi connectivity index (χ4v) is 4.21. The van der Waals surface area contributed by atoms with Crippen molar-refractivity contribution in [3.63, 3.8) is 0 Å². The van der Waals surface area contributed by atoms with E-state index >= 15 is 0 Å². The Morgan fingerprint density at radius 1 is 1.47 bits per heavy atom. The number of aliphatic hydroxyl groups excluding tert-OH is 1. The lowest BCUT2D eigenvalue weighted by molar-refractivity contribution is -0.0704. The normalized spacial score (nSPS) is 32.0. The van der Waals surface area contributed by atoms with Crippen LogP contribution in [0, 0.1) is 0 Å². The molecule has 2 atom stereocenters. The molecule has 1 aliphatic heterocycles. The highest BCUT2D eigenvalue weighted by molar-refractivity contribution is 8.00. The zero-order valence-corrected chi connectivity index (χ0v) is 10.4. The van der Waals surface area contributed by atoms with Gasteiger partial charge in [-0.2, -0.15) is 11.8 Å². The average Bonchev–Trinajstić information content (AvgIpc) is 2.66. The van der Waals surface area contributed by atoms with Crippen molar-refractivity contribution in [2.24, 2.45) is 0 Å². The van der Waals surface area contributed by atoms with Crippen LogP contribution in [-0.2, 0) is 4.74 Å². The van der Waals surface area contributed by atoms with E-state index in [9.17, 15) is 0 Å². The van der Waals surface area contributed by atoms with Crippen LogP contribution >= 0.6 is 11.8 Å². The third kappa shape index (κ3) is 2.89. The summed E-state index contributed by atoms with van der Waals surface area (Å²) < 4.78 is 6.00. The Labute approximate surface area is 96.8 Å². The molecule has 2 rings (SSSR count). The van der Waals surface area contributed by atoms with Gasteiger partial charge in [0.25, 0.3) is 0 Å². The van der Waals surface area contributed by atoms with Crippen LogP contribution in [0.2, 0.25) is 0 Å². The summed E-state index contributed by atoms with van der Waals surface area (Å²) in [6, 6.07) is 0. The van der Waals surface area contributed by atoms with E-state index in [0.717, 1.165) is 13.0 Å². The minimum atomic E-state index is 0.227. The highest BCUT2D eigenvalue weighted by atomic mass is 32.2. The Balaban J connectivity index is 1.86. The molecular formula is C12H22O2S. The van der Waals surface area contributed by atoms with Gasteiger partial charge in [-0.1, -0.05) is 19.8 Å². The van der Waals surface area contributed by atoms with Crippen LogP contribution in [0.1, 0.15) is 45.4 Å². The molecule has 0 bridgehead atoms. The van der Waals surface area contributed by atoms with Gasteiger partial charge in [-0.25, -0.2) is 0 Å². The van der Waals surface area contributed by atoms with Crippen molar-refractivity contribution in [2.75, 3.05) is 13.2 Å². The molecule has 0 aromatic carbocycles. The van der Waals surface area contributed by atoms with Crippen molar-refractivity contribution in [3.05, 3.63) is 0 Å². The quantitative estimate of drug-likeness (QED) is 0.808. The predicted molar refractivity (Wildman–Crippen MR) is 64.3 cm³/mol. The van der Waals surface area contributed by atoms with Gasteiger partial charge < -0.3 is 9.84 Å². The summed E-state index contributed by atoms with van der Waals surface area (Å²) in [7, 11) is 0. The molecule has 2 aliphatic rings. The summed E-state index contributed by atoms with van der Waals surface area (Å²) in [5.41, 5.74) is 0.227. The van der Waals surface area contributed by atoms with Gasteiger partial charge in [-0.3, -0.25) is 0 Å². The summed E-state index contributed by atoms with van der Waals surface area (Å²) in [5, 5.41) is 10.2. The fourth-order valence-electron chi connectivity index (χ4n) is 2.84. The summed E-state index contributed by atoms with van der Waals surface area (Å²) >= 11 is 1.95. The van der Waals surface area contributed by atoms with Crippen molar-refractivity contribution < 1.29 is 9.84 Å². The summed E-state index contributed by atoms with van der Waals surface area (Å²) in [6.45, 7) is 3.34. The molecule has 1 heterocycles. The third-order valence-electron chi connectivity index (χ3n) is 3.64. The van der Waals surface area contributed by atoms with Crippen molar-refractivity contribution in [1.82, 2.24) is 0 Å². The molecule has 0 aromatic heterocycles. The Morgan fingerprint density at radius 3 is 2.87 bits per heavy atom. The molecule has 1 spiro atoms. The predicted octanol–water partition coefficient (Wildman–Crippen LogP) is 2.59. The summed E-state index contributed by atoms with van der Waals surface area (Å²) in [4.78, 5) is 0. The minimum absolute atomic E-state index is 0.227. The van der Waals surface area contributed by atoms with E-state index in [1.54, 1.807) is 0 Å². The molecule has 2 nitrogen and oxygen atoms in total. The molecule has 88 valence electrons. The first-order valence-corrected chi connectivity index (χ1v) is 7.09. The second-order valence-corrected chi connectivity index (χ2v) is 6.73. The van der Waals surface area contributed by atoms with Crippen LogP contribution in [0.5, 0.6) is 0 Å². The second kappa shape index (κ2) is 5.07. The first-order valence-electron chi connectivity index (χ1n) is 6.14. The Morgan fingerprint density at radius 2 is 2.20 bits per heavy atom. The largest absolute Gasteiger partial charge is 0.395 e. The molecular weight excluding hydrogens is 208 g/mol. The lowest BCUT2D eigenvalue weighted by atomic mass is 9.92. The van der Waals surface area contributed by atoms with Gasteiger partial charge in [-0.15, -0.1) is 0 Å². The Hall–Kier alpha value is 0.270. The van der Waals surface area contributed by atoms with Gasteiger partial charge >= 0.3 is 0 Å². The van der Waals surface area contributed by atoms with E-state index in [-0.39, 0.29) is 5.60 Å². The molecule has 2 fully saturated rings. The molecule has 0 radical (unpaired) electrons. The van der Waals surface area contributed by atoms with Gasteiger partial charge in [0, 0.05) is 17.1 Å². The lowest BCUT2D eigenvalue weighted by Crippen LogP contribution is -2.39. The molecule has 2 unspecified atom stereocenters. The SMILES string of the molecule is CC(CO)SC1CCOC2(CCCC2)C1. The van der Waals surface area contributed by atoms with Crippen LogP contribution in [0.4, 0.5) is 0 Å². The molecule has 0 amide bonds. The smallest absolute Gasteiger partial charge is 0.0693 e. The van der Waals surface area contributed by atoms with Crippen LogP contribution in [-0.4, -0.2) is 34.4 Å². The highest BCUT2D eigenvalue weighted by Gasteiger charge is 2.40. The molecule has 3 heteroatoms. The van der Waals surface area contributed by atoms with Crippen molar-refractivity contribution in [1.29, 1.82) is 0 Å². The summed E-state index contributed by atoms with van der Waals surface area (Å²) in [6.07, 6.45) is 7.58. The van der Waals surface area contributed by atoms with E-state index in [2.05, 4.69) is 6.92 Å². The average molecular weight is 230 g/mol. The van der Waals surface area contributed by atoms with E-state index in [4.69, 9.17) is 9.84 Å². The monoisotopic (exact) mass is 230 g/mol. The first-order chi connectivity index (χ1) is 7.24. The van der Waals surface area contributed by atoms with E-state index in [1.165, 1.54) is 32.1 Å². The molecule has 1 aliphatic carbocycles. The van der Waals surface area contributed by atoms with Gasteiger partial charge in [0.15, 0.2) is 0 Å². The number of hydrogen-bond acceptors (Lipinski definition) is 3. The van der Waals surface area contributed by atoms with Gasteiger partial charge in [-0.05, 0) is 25.7 Å². The Bertz CT molecular complexity index is 202. The van der Waals surface area contributed by atoms with Crippen LogP contribution < -0.4 is 0 Å².